The molecule has 0 amide bonds. The van der Waals surface area contributed by atoms with Crippen molar-refractivity contribution in [3.05, 3.63) is 30.1 Å². The second kappa shape index (κ2) is 6.01. The van der Waals surface area contributed by atoms with Gasteiger partial charge in [-0.3, -0.25) is 4.68 Å². The number of hydrogen-bond acceptors (Lipinski definition) is 2. The molecule has 0 aliphatic heterocycles. The normalized spacial score (nSPS) is 14.6. The Bertz CT molecular complexity index is 366. The number of allylic oxidation sites excluding steroid dienone is 1. The molecule has 1 aromatic heterocycles. The first-order valence-corrected chi connectivity index (χ1v) is 6.41. The number of aliphatic hydroxyl groups is 1. The molecule has 1 heterocycles. The molecule has 3 heteroatoms. The van der Waals surface area contributed by atoms with E-state index in [1.807, 2.05) is 17.7 Å². The fraction of sp³-hybridized carbons (Fsp3) is 0.643. The van der Waals surface area contributed by atoms with Crippen molar-refractivity contribution < 1.29 is 5.11 Å². The molecule has 1 aromatic rings. The summed E-state index contributed by atoms with van der Waals surface area (Å²) in [7, 11) is 0. The molecule has 0 spiro atoms. The third kappa shape index (κ3) is 4.00. The summed E-state index contributed by atoms with van der Waals surface area (Å²) >= 11 is 0. The predicted octanol–water partition coefficient (Wildman–Crippen LogP) is 2.73. The van der Waals surface area contributed by atoms with Crippen molar-refractivity contribution in [2.24, 2.45) is 0 Å². The topological polar surface area (TPSA) is 38.1 Å². The molecule has 0 saturated carbocycles. The van der Waals surface area contributed by atoms with E-state index in [0.29, 0.717) is 6.42 Å². The fourth-order valence-corrected chi connectivity index (χ4v) is 2.00. The summed E-state index contributed by atoms with van der Waals surface area (Å²) in [5, 5.41) is 14.8. The first-order valence-electron chi connectivity index (χ1n) is 6.41. The lowest BCUT2D eigenvalue weighted by molar-refractivity contribution is 0.0502. The maximum atomic E-state index is 10.3. The molecule has 96 valence electrons. The van der Waals surface area contributed by atoms with Gasteiger partial charge < -0.3 is 5.11 Å². The molecule has 0 aliphatic carbocycles. The predicted molar refractivity (Wildman–Crippen MR) is 71.0 cm³/mol. The van der Waals surface area contributed by atoms with E-state index in [-0.39, 0.29) is 0 Å². The zero-order valence-corrected chi connectivity index (χ0v) is 11.2. The molecule has 0 fully saturated rings. The van der Waals surface area contributed by atoms with Gasteiger partial charge in [-0.1, -0.05) is 13.0 Å². The molecular weight excluding hydrogens is 212 g/mol. The molecule has 0 bridgehead atoms. The van der Waals surface area contributed by atoms with E-state index in [1.54, 1.807) is 0 Å². The monoisotopic (exact) mass is 236 g/mol. The van der Waals surface area contributed by atoms with Crippen molar-refractivity contribution in [2.45, 2.75) is 58.6 Å². The minimum Gasteiger partial charge on any atom is -0.390 e. The van der Waals surface area contributed by atoms with Crippen LogP contribution in [0.25, 0.3) is 0 Å². The van der Waals surface area contributed by atoms with E-state index in [0.717, 1.165) is 37.2 Å². The number of nitrogens with zero attached hydrogens (tertiary/aromatic N) is 2. The molecule has 3 nitrogen and oxygen atoms in total. The lowest BCUT2D eigenvalue weighted by Gasteiger charge is -2.22. The van der Waals surface area contributed by atoms with Gasteiger partial charge in [0, 0.05) is 18.7 Å². The summed E-state index contributed by atoms with van der Waals surface area (Å²) in [6.45, 7) is 10.6. The van der Waals surface area contributed by atoms with Gasteiger partial charge in [0.05, 0.1) is 11.3 Å². The van der Waals surface area contributed by atoms with Gasteiger partial charge in [0.2, 0.25) is 0 Å². The van der Waals surface area contributed by atoms with Gasteiger partial charge in [0.15, 0.2) is 0 Å². The molecule has 1 N–H and O–H groups in total. The SMILES string of the molecule is C=CCCC(C)(O)Cc1cc(CC)nn1CC. The van der Waals surface area contributed by atoms with Gasteiger partial charge in [-0.25, -0.2) is 0 Å². The maximum absolute atomic E-state index is 10.3. The Kier molecular flexibility index (Phi) is 4.94. The summed E-state index contributed by atoms with van der Waals surface area (Å²) in [4.78, 5) is 0. The van der Waals surface area contributed by atoms with Crippen LogP contribution in [-0.2, 0) is 19.4 Å². The molecule has 0 radical (unpaired) electrons. The molecule has 17 heavy (non-hydrogen) atoms. The minimum atomic E-state index is -0.674. The Morgan fingerprint density at radius 3 is 2.76 bits per heavy atom. The zero-order chi connectivity index (χ0) is 12.9. The first-order chi connectivity index (χ1) is 8.02. The van der Waals surface area contributed by atoms with E-state index in [4.69, 9.17) is 0 Å². The van der Waals surface area contributed by atoms with Crippen LogP contribution in [0.1, 0.15) is 45.0 Å². The quantitative estimate of drug-likeness (QED) is 0.739. The van der Waals surface area contributed by atoms with Crippen molar-refractivity contribution in [3.8, 4) is 0 Å². The average Bonchev–Trinajstić information content (AvgIpc) is 2.68. The van der Waals surface area contributed by atoms with E-state index in [9.17, 15) is 5.11 Å². The third-order valence-corrected chi connectivity index (χ3v) is 3.02. The highest BCUT2D eigenvalue weighted by molar-refractivity contribution is 5.13. The van der Waals surface area contributed by atoms with Crippen LogP contribution in [0.2, 0.25) is 0 Å². The summed E-state index contributed by atoms with van der Waals surface area (Å²) in [6, 6.07) is 2.10. The van der Waals surface area contributed by atoms with Gasteiger partial charge in [0.25, 0.3) is 0 Å². The largest absolute Gasteiger partial charge is 0.390 e. The minimum absolute atomic E-state index is 0.654. The van der Waals surface area contributed by atoms with Crippen LogP contribution in [0, 0.1) is 0 Å². The van der Waals surface area contributed by atoms with Crippen molar-refractivity contribution in [3.63, 3.8) is 0 Å². The highest BCUT2D eigenvalue weighted by atomic mass is 16.3. The van der Waals surface area contributed by atoms with Crippen LogP contribution < -0.4 is 0 Å². The Hall–Kier alpha value is -1.09. The summed E-state index contributed by atoms with van der Waals surface area (Å²) in [6.07, 6.45) is 5.03. The van der Waals surface area contributed by atoms with Crippen LogP contribution in [0.5, 0.6) is 0 Å². The van der Waals surface area contributed by atoms with Crippen molar-refractivity contribution in [1.82, 2.24) is 9.78 Å². The average molecular weight is 236 g/mol. The molecule has 1 unspecified atom stereocenters. The van der Waals surface area contributed by atoms with Crippen molar-refractivity contribution >= 4 is 0 Å². The lowest BCUT2D eigenvalue weighted by Crippen LogP contribution is -2.28. The maximum Gasteiger partial charge on any atom is 0.0677 e. The van der Waals surface area contributed by atoms with Crippen molar-refractivity contribution in [1.29, 1.82) is 0 Å². The van der Waals surface area contributed by atoms with Gasteiger partial charge in [-0.2, -0.15) is 5.10 Å². The number of aryl methyl sites for hydroxylation is 2. The Morgan fingerprint density at radius 1 is 1.53 bits per heavy atom. The molecule has 0 aliphatic rings. The summed E-state index contributed by atoms with van der Waals surface area (Å²) < 4.78 is 1.99. The highest BCUT2D eigenvalue weighted by Crippen LogP contribution is 2.20. The zero-order valence-electron chi connectivity index (χ0n) is 11.2. The molecule has 0 aromatic carbocycles. The number of aromatic nitrogens is 2. The van der Waals surface area contributed by atoms with Crippen LogP contribution in [0.4, 0.5) is 0 Å². The molecule has 1 rings (SSSR count). The Balaban J connectivity index is 2.78. The second-order valence-electron chi connectivity index (χ2n) is 4.80. The van der Waals surface area contributed by atoms with Gasteiger partial charge in [-0.15, -0.1) is 6.58 Å². The van der Waals surface area contributed by atoms with Crippen molar-refractivity contribution in [2.75, 3.05) is 0 Å². The fourth-order valence-electron chi connectivity index (χ4n) is 2.00. The smallest absolute Gasteiger partial charge is 0.0677 e. The van der Waals surface area contributed by atoms with E-state index in [1.165, 1.54) is 0 Å². The number of hydrogen-bond donors (Lipinski definition) is 1. The van der Waals surface area contributed by atoms with E-state index < -0.39 is 5.60 Å². The second-order valence-corrected chi connectivity index (χ2v) is 4.80. The van der Waals surface area contributed by atoms with Crippen LogP contribution in [0.15, 0.2) is 18.7 Å². The molecular formula is C14H24N2O. The standard InChI is InChI=1S/C14H24N2O/c1-5-8-9-14(4,17)11-13-10-12(6-2)15-16(13)7-3/h5,10,17H,1,6-9,11H2,2-4H3. The van der Waals surface area contributed by atoms with Gasteiger partial charge in [-0.05, 0) is 39.2 Å². The lowest BCUT2D eigenvalue weighted by atomic mass is 9.94. The Labute approximate surface area is 104 Å². The van der Waals surface area contributed by atoms with Crippen LogP contribution in [-0.4, -0.2) is 20.5 Å². The first kappa shape index (κ1) is 14.0. The Morgan fingerprint density at radius 2 is 2.24 bits per heavy atom. The van der Waals surface area contributed by atoms with E-state index >= 15 is 0 Å². The van der Waals surface area contributed by atoms with Gasteiger partial charge >= 0.3 is 0 Å². The van der Waals surface area contributed by atoms with E-state index in [2.05, 4.69) is 31.6 Å². The highest BCUT2D eigenvalue weighted by Gasteiger charge is 2.22. The van der Waals surface area contributed by atoms with Crippen LogP contribution in [0.3, 0.4) is 0 Å². The summed E-state index contributed by atoms with van der Waals surface area (Å²) in [5.41, 5.74) is 1.55. The van der Waals surface area contributed by atoms with Crippen LogP contribution >= 0.6 is 0 Å². The third-order valence-electron chi connectivity index (χ3n) is 3.02. The number of rotatable bonds is 7. The molecule has 1 atom stereocenters. The molecule has 0 saturated heterocycles. The summed E-state index contributed by atoms with van der Waals surface area (Å²) in [5.74, 6) is 0. The van der Waals surface area contributed by atoms with Gasteiger partial charge in [0.1, 0.15) is 0 Å².